The zero-order valence-electron chi connectivity index (χ0n) is 15.8. The number of piperidine rings is 1. The van der Waals surface area contributed by atoms with Crippen molar-refractivity contribution in [1.82, 2.24) is 15.0 Å². The lowest BCUT2D eigenvalue weighted by Crippen LogP contribution is -2.35. The first kappa shape index (κ1) is 18.1. The number of fused-ring (bicyclic) bond motifs is 1. The van der Waals surface area contributed by atoms with E-state index in [4.69, 9.17) is 9.97 Å². The van der Waals surface area contributed by atoms with Gasteiger partial charge in [0.25, 0.3) is 0 Å². The molecule has 3 aliphatic rings. The normalized spacial score (nSPS) is 23.5. The Hall–Kier alpha value is -1.90. The minimum absolute atomic E-state index is 0.0745. The van der Waals surface area contributed by atoms with Crippen LogP contribution in [0.15, 0.2) is 29.4 Å². The Morgan fingerprint density at radius 1 is 1.21 bits per heavy atom. The van der Waals surface area contributed by atoms with Crippen LogP contribution in [-0.4, -0.2) is 55.6 Å². The fourth-order valence-electron chi connectivity index (χ4n) is 4.18. The summed E-state index contributed by atoms with van der Waals surface area (Å²) in [5.41, 5.74) is 1.96. The highest BCUT2D eigenvalue weighted by molar-refractivity contribution is 7.91. The molecule has 1 aliphatic carbocycles. The first-order valence-electron chi connectivity index (χ1n) is 10.0. The second-order valence-corrected chi connectivity index (χ2v) is 9.56. The van der Waals surface area contributed by atoms with Crippen LogP contribution in [0.5, 0.6) is 0 Å². The number of rotatable bonds is 5. The van der Waals surface area contributed by atoms with Crippen molar-refractivity contribution in [2.24, 2.45) is 0 Å². The molecule has 0 amide bonds. The quantitative estimate of drug-likeness (QED) is 0.741. The minimum atomic E-state index is -1.06. The molecule has 4 heterocycles. The van der Waals surface area contributed by atoms with Crippen LogP contribution in [0.1, 0.15) is 42.9 Å². The number of pyridine rings is 1. The Balaban J connectivity index is 1.37. The molecule has 0 spiro atoms. The molecule has 1 atom stereocenters. The van der Waals surface area contributed by atoms with Crippen LogP contribution in [0.3, 0.4) is 0 Å². The molecule has 1 saturated carbocycles. The van der Waals surface area contributed by atoms with Crippen molar-refractivity contribution < 1.29 is 9.66 Å². The van der Waals surface area contributed by atoms with Crippen molar-refractivity contribution in [3.63, 3.8) is 0 Å². The molecule has 2 aromatic rings. The Bertz CT molecular complexity index is 853. The summed E-state index contributed by atoms with van der Waals surface area (Å²) in [6.07, 6.45) is 8.39. The summed E-state index contributed by atoms with van der Waals surface area (Å²) in [5.74, 6) is 2.54. The second-order valence-electron chi connectivity index (χ2n) is 8.05. The van der Waals surface area contributed by atoms with Crippen LogP contribution in [0, 0.1) is 0 Å². The number of nitrogens with zero attached hydrogens (tertiary/aromatic N) is 4. The lowest BCUT2D eigenvalue weighted by atomic mass is 9.90. The Morgan fingerprint density at radius 3 is 2.64 bits per heavy atom. The van der Waals surface area contributed by atoms with Gasteiger partial charge in [-0.2, -0.15) is 4.98 Å². The number of anilines is 2. The highest BCUT2D eigenvalue weighted by atomic mass is 32.2. The van der Waals surface area contributed by atoms with Crippen molar-refractivity contribution >= 4 is 22.9 Å². The van der Waals surface area contributed by atoms with E-state index in [-0.39, 0.29) is 12.1 Å². The lowest BCUT2D eigenvalue weighted by molar-refractivity contribution is 0.265. The average molecular weight is 400 g/mol. The van der Waals surface area contributed by atoms with Crippen LogP contribution in [-0.2, 0) is 17.6 Å². The van der Waals surface area contributed by atoms with Crippen molar-refractivity contribution in [2.45, 2.75) is 48.5 Å². The molecular formula is C20H25N5O2S. The van der Waals surface area contributed by atoms with Crippen molar-refractivity contribution in [1.29, 1.82) is 0 Å². The van der Waals surface area contributed by atoms with E-state index in [1.165, 1.54) is 5.56 Å². The Labute approximate surface area is 167 Å². The van der Waals surface area contributed by atoms with Gasteiger partial charge >= 0.3 is 0 Å². The van der Waals surface area contributed by atoms with Gasteiger partial charge in [-0.1, -0.05) is 0 Å². The van der Waals surface area contributed by atoms with E-state index in [0.717, 1.165) is 61.7 Å². The summed E-state index contributed by atoms with van der Waals surface area (Å²) < 4.78 is 12.5. The van der Waals surface area contributed by atoms with Gasteiger partial charge in [-0.15, -0.1) is 0 Å². The van der Waals surface area contributed by atoms with E-state index in [0.29, 0.717) is 17.5 Å². The molecule has 0 bridgehead atoms. The smallest absolute Gasteiger partial charge is 0.227 e. The fourth-order valence-corrected chi connectivity index (χ4v) is 5.49. The maximum Gasteiger partial charge on any atom is 0.227 e. The highest BCUT2D eigenvalue weighted by Crippen LogP contribution is 2.42. The minimum Gasteiger partial charge on any atom is -0.611 e. The van der Waals surface area contributed by atoms with Crippen LogP contribution < -0.4 is 10.2 Å². The van der Waals surface area contributed by atoms with Gasteiger partial charge in [0.05, 0.1) is 12.1 Å². The molecule has 5 rings (SSSR count). The summed E-state index contributed by atoms with van der Waals surface area (Å²) in [4.78, 5) is 16.6. The van der Waals surface area contributed by atoms with Crippen molar-refractivity contribution in [3.05, 3.63) is 35.8 Å². The molecule has 2 fully saturated rings. The van der Waals surface area contributed by atoms with E-state index in [9.17, 15) is 9.66 Å². The average Bonchev–Trinajstić information content (AvgIpc) is 3.42. The van der Waals surface area contributed by atoms with Gasteiger partial charge in [-0.3, -0.25) is 4.98 Å². The molecule has 0 aromatic carbocycles. The van der Waals surface area contributed by atoms with E-state index in [1.807, 2.05) is 12.4 Å². The van der Waals surface area contributed by atoms with E-state index in [1.54, 1.807) is 0 Å². The molecule has 1 unspecified atom stereocenters. The van der Waals surface area contributed by atoms with Gasteiger partial charge in [0.2, 0.25) is 10.8 Å². The van der Waals surface area contributed by atoms with Crippen molar-refractivity contribution in [3.8, 4) is 0 Å². The maximum atomic E-state index is 12.5. The summed E-state index contributed by atoms with van der Waals surface area (Å²) in [5, 5.41) is 13.1. The van der Waals surface area contributed by atoms with Crippen LogP contribution in [0.25, 0.3) is 0 Å². The third-order valence-electron chi connectivity index (χ3n) is 6.17. The zero-order valence-corrected chi connectivity index (χ0v) is 16.6. The number of aliphatic hydroxyl groups excluding tert-OH is 1. The molecule has 2 aliphatic heterocycles. The highest BCUT2D eigenvalue weighted by Gasteiger charge is 2.45. The molecule has 2 aromatic heterocycles. The second kappa shape index (κ2) is 7.17. The predicted octanol–water partition coefficient (Wildman–Crippen LogP) is 1.86. The lowest BCUT2D eigenvalue weighted by Gasteiger charge is -2.32. The topological polar surface area (TPSA) is 97.2 Å². The van der Waals surface area contributed by atoms with E-state index < -0.39 is 11.2 Å². The van der Waals surface area contributed by atoms with Gasteiger partial charge in [0.1, 0.15) is 11.4 Å². The molecule has 1 saturated heterocycles. The number of aromatic nitrogens is 3. The summed E-state index contributed by atoms with van der Waals surface area (Å²) in [7, 11) is 0. The molecule has 148 valence electrons. The van der Waals surface area contributed by atoms with Crippen LogP contribution in [0.4, 0.5) is 11.8 Å². The summed E-state index contributed by atoms with van der Waals surface area (Å²) in [6.45, 7) is 1.88. The molecule has 2 N–H and O–H groups in total. The maximum absolute atomic E-state index is 12.5. The van der Waals surface area contributed by atoms with E-state index >= 15 is 0 Å². The van der Waals surface area contributed by atoms with Gasteiger partial charge in [0, 0.05) is 31.9 Å². The van der Waals surface area contributed by atoms with Gasteiger partial charge in [-0.05, 0) is 60.5 Å². The van der Waals surface area contributed by atoms with Crippen molar-refractivity contribution in [2.75, 3.05) is 35.7 Å². The number of nitrogens with one attached hydrogen (secondary N) is 1. The zero-order chi connectivity index (χ0) is 19.1. The number of hydrogen-bond donors (Lipinski definition) is 2. The first-order valence-corrected chi connectivity index (χ1v) is 11.3. The third kappa shape index (κ3) is 3.33. The van der Waals surface area contributed by atoms with Crippen LogP contribution in [0.2, 0.25) is 0 Å². The third-order valence-corrected chi connectivity index (χ3v) is 7.63. The Kier molecular flexibility index (Phi) is 4.65. The number of hydrogen-bond acceptors (Lipinski definition) is 7. The largest absolute Gasteiger partial charge is 0.611 e. The molecule has 8 heteroatoms. The van der Waals surface area contributed by atoms with Gasteiger partial charge in [-0.25, -0.2) is 4.98 Å². The number of aliphatic hydroxyl groups is 1. The van der Waals surface area contributed by atoms with E-state index in [2.05, 4.69) is 27.3 Å². The monoisotopic (exact) mass is 399 g/mol. The summed E-state index contributed by atoms with van der Waals surface area (Å²) in [6, 6.07) is 4.21. The SMILES string of the molecule is [O-][S+]1CCc2nc(N3CCC(c4ccncc4)CC3)nc(NC3(CO)CC3)c21. The van der Waals surface area contributed by atoms with Crippen LogP contribution >= 0.6 is 0 Å². The Morgan fingerprint density at radius 2 is 1.96 bits per heavy atom. The number of aryl methyl sites for hydroxylation is 1. The molecule has 0 radical (unpaired) electrons. The molecular weight excluding hydrogens is 374 g/mol. The molecule has 7 nitrogen and oxygen atoms in total. The fraction of sp³-hybridized carbons (Fsp3) is 0.550. The van der Waals surface area contributed by atoms with Gasteiger partial charge in [0.15, 0.2) is 5.82 Å². The summed E-state index contributed by atoms with van der Waals surface area (Å²) >= 11 is -1.06. The molecule has 28 heavy (non-hydrogen) atoms. The first-order chi connectivity index (χ1) is 13.7. The van der Waals surface area contributed by atoms with Gasteiger partial charge < -0.3 is 19.9 Å². The standard InChI is InChI=1S/C20H25N5O2S/c26-13-20(6-7-20)24-18-17-16(5-12-28(17)27)22-19(23-18)25-10-3-15(4-11-25)14-1-8-21-9-2-14/h1-2,8-9,15,26H,3-7,10-13H2,(H,22,23,24). The predicted molar refractivity (Wildman–Crippen MR) is 108 cm³/mol.